The fourth-order valence-corrected chi connectivity index (χ4v) is 4.51. The number of amides is 3. The Labute approximate surface area is 300 Å². The summed E-state index contributed by atoms with van der Waals surface area (Å²) in [5, 5.41) is 11.7. The van der Waals surface area contributed by atoms with Gasteiger partial charge in [-0.25, -0.2) is 14.6 Å². The van der Waals surface area contributed by atoms with Gasteiger partial charge in [-0.15, -0.1) is 0 Å². The first-order chi connectivity index (χ1) is 23.8. The van der Waals surface area contributed by atoms with Crippen LogP contribution in [0.5, 0.6) is 5.75 Å². The van der Waals surface area contributed by atoms with Crippen molar-refractivity contribution in [2.45, 2.75) is 118 Å². The molecule has 0 bridgehead atoms. The second-order valence-electron chi connectivity index (χ2n) is 13.8. The van der Waals surface area contributed by atoms with Gasteiger partial charge in [0, 0.05) is 38.8 Å². The molecule has 0 aliphatic carbocycles. The third-order valence-electron chi connectivity index (χ3n) is 6.88. The van der Waals surface area contributed by atoms with Gasteiger partial charge >= 0.3 is 12.2 Å². The molecule has 0 aliphatic heterocycles. The molecule has 1 aromatic carbocycles. The van der Waals surface area contributed by atoms with Gasteiger partial charge in [0.1, 0.15) is 17.0 Å². The largest absolute Gasteiger partial charge is 0.493 e. The number of alkyl carbamates (subject to hydrolysis) is 2. The van der Waals surface area contributed by atoms with Crippen LogP contribution in [-0.4, -0.2) is 86.5 Å². The van der Waals surface area contributed by atoms with Crippen LogP contribution in [0.1, 0.15) is 105 Å². The lowest BCUT2D eigenvalue weighted by Gasteiger charge is -2.20. The highest BCUT2D eigenvalue weighted by Gasteiger charge is 2.18. The van der Waals surface area contributed by atoms with Crippen LogP contribution in [-0.2, 0) is 20.8 Å². The number of carbonyl (C=O) groups excluding carboxylic acids is 3. The van der Waals surface area contributed by atoms with Crippen molar-refractivity contribution in [1.82, 2.24) is 26.2 Å². The second-order valence-corrected chi connectivity index (χ2v) is 13.8. The molecule has 50 heavy (non-hydrogen) atoms. The minimum atomic E-state index is -0.606. The summed E-state index contributed by atoms with van der Waals surface area (Å²) in [6.07, 6.45) is 11.6. The fraction of sp³-hybridized carbons (Fsp3) is 0.649. The maximum Gasteiger partial charge on any atom is 0.414 e. The summed E-state index contributed by atoms with van der Waals surface area (Å²) in [6.45, 7) is 16.4. The van der Waals surface area contributed by atoms with Gasteiger partial charge in [-0.3, -0.25) is 20.4 Å². The van der Waals surface area contributed by atoms with Crippen LogP contribution in [0.25, 0.3) is 0 Å². The number of nitrogens with one attached hydrogen (secondary N) is 4. The molecule has 0 aromatic heterocycles. The molecule has 0 unspecified atom stereocenters. The average Bonchev–Trinajstić information content (AvgIpc) is 3.03. The number of allylic oxidation sites excluding steroid dienone is 1. The van der Waals surface area contributed by atoms with Crippen LogP contribution in [0.3, 0.4) is 0 Å². The number of para-hydroxylation sites is 1. The van der Waals surface area contributed by atoms with E-state index in [0.717, 1.165) is 75.6 Å². The molecule has 13 nitrogen and oxygen atoms in total. The van der Waals surface area contributed by atoms with Crippen LogP contribution < -0.4 is 26.0 Å². The van der Waals surface area contributed by atoms with Crippen molar-refractivity contribution in [3.63, 3.8) is 0 Å². The van der Waals surface area contributed by atoms with Crippen LogP contribution in [0.15, 0.2) is 46.4 Å². The lowest BCUT2D eigenvalue weighted by molar-refractivity contribution is -0.118. The molecule has 1 aromatic rings. The number of carbonyl (C=O) groups is 3. The highest BCUT2D eigenvalue weighted by molar-refractivity contribution is 5.94. The Bertz CT molecular complexity index is 1220. The minimum absolute atomic E-state index is 0.307. The Morgan fingerprint density at radius 2 is 1.38 bits per heavy atom. The van der Waals surface area contributed by atoms with Gasteiger partial charge in [0.05, 0.1) is 13.2 Å². The van der Waals surface area contributed by atoms with E-state index in [9.17, 15) is 14.4 Å². The van der Waals surface area contributed by atoms with Gasteiger partial charge in [-0.1, -0.05) is 56.0 Å². The zero-order chi connectivity index (χ0) is 37.3. The topological polar surface area (TPSA) is 155 Å². The first kappa shape index (κ1) is 43.7. The highest BCUT2D eigenvalue weighted by atomic mass is 16.6. The standard InChI is InChI=1S/C37H63N7O6/c1-9-10-23-39-33(43-35(47)50-37(5,6)7)40-24-17-13-11-12-14-18-25-44(29-45)26-19-20-27-48-31-22-16-15-21-30(31)28-41-32(38-8)42-34(46)49-36(2,3)4/h9-10,15-16,21-22,29H,11-14,17-20,23-28H2,1-8H3,(H2,38,41,42,46)(H2,39,40,43,47)/b10-9+. The van der Waals surface area contributed by atoms with Crippen LogP contribution in [0.2, 0.25) is 0 Å². The van der Waals surface area contributed by atoms with E-state index >= 15 is 0 Å². The van der Waals surface area contributed by atoms with E-state index in [0.29, 0.717) is 44.7 Å². The summed E-state index contributed by atoms with van der Waals surface area (Å²) in [6, 6.07) is 7.72. The summed E-state index contributed by atoms with van der Waals surface area (Å²) in [5.41, 5.74) is -0.254. The van der Waals surface area contributed by atoms with E-state index in [-0.39, 0.29) is 0 Å². The molecule has 0 spiro atoms. The van der Waals surface area contributed by atoms with Gasteiger partial charge in [-0.05, 0) is 80.2 Å². The van der Waals surface area contributed by atoms with E-state index in [1.165, 1.54) is 0 Å². The summed E-state index contributed by atoms with van der Waals surface area (Å²) in [7, 11) is 1.59. The molecule has 4 N–H and O–H groups in total. The Kier molecular flexibility index (Phi) is 21.7. The number of guanidine groups is 2. The number of hydrogen-bond donors (Lipinski definition) is 4. The molecule has 0 atom stereocenters. The maximum atomic E-state index is 12.1. The monoisotopic (exact) mass is 701 g/mol. The zero-order valence-corrected chi connectivity index (χ0v) is 31.7. The number of unbranched alkanes of at least 4 members (excludes halogenated alkanes) is 6. The van der Waals surface area contributed by atoms with Crippen molar-refractivity contribution < 1.29 is 28.6 Å². The average molecular weight is 702 g/mol. The fourth-order valence-electron chi connectivity index (χ4n) is 4.51. The summed E-state index contributed by atoms with van der Waals surface area (Å²) in [4.78, 5) is 46.2. The molecular formula is C37H63N7O6. The van der Waals surface area contributed by atoms with Crippen LogP contribution in [0, 0.1) is 0 Å². The van der Waals surface area contributed by atoms with Crippen molar-refractivity contribution in [2.75, 3.05) is 39.8 Å². The molecule has 13 heteroatoms. The molecule has 0 radical (unpaired) electrons. The quantitative estimate of drug-likeness (QED) is 0.0407. The molecule has 1 rings (SSSR count). The molecule has 0 heterocycles. The molecule has 0 aliphatic rings. The van der Waals surface area contributed by atoms with E-state index in [1.807, 2.05) is 69.0 Å². The van der Waals surface area contributed by atoms with E-state index in [1.54, 1.807) is 27.8 Å². The SMILES string of the molecule is C/C=C/CN=C(NCCCCCCCCN(C=O)CCCCOc1ccccc1CNC(=NC)NC(=O)OC(C)(C)C)NC(=O)OC(C)(C)C. The summed E-state index contributed by atoms with van der Waals surface area (Å²) in [5.74, 6) is 1.48. The molecule has 0 saturated heterocycles. The van der Waals surface area contributed by atoms with Gasteiger partial charge in [0.2, 0.25) is 18.3 Å². The molecule has 3 amide bonds. The lowest BCUT2D eigenvalue weighted by atomic mass is 10.1. The lowest BCUT2D eigenvalue weighted by Crippen LogP contribution is -2.43. The van der Waals surface area contributed by atoms with E-state index < -0.39 is 23.4 Å². The van der Waals surface area contributed by atoms with Crippen molar-refractivity contribution in [2.24, 2.45) is 9.98 Å². The van der Waals surface area contributed by atoms with Crippen molar-refractivity contribution in [3.05, 3.63) is 42.0 Å². The third-order valence-corrected chi connectivity index (χ3v) is 6.88. The number of nitrogens with zero attached hydrogens (tertiary/aromatic N) is 3. The van der Waals surface area contributed by atoms with Crippen molar-refractivity contribution >= 4 is 30.5 Å². The smallest absolute Gasteiger partial charge is 0.414 e. The Morgan fingerprint density at radius 3 is 1.98 bits per heavy atom. The summed E-state index contributed by atoms with van der Waals surface area (Å²) >= 11 is 0. The van der Waals surface area contributed by atoms with Gasteiger partial charge < -0.3 is 29.7 Å². The molecular weight excluding hydrogens is 638 g/mol. The second kappa shape index (κ2) is 24.8. The van der Waals surface area contributed by atoms with Gasteiger partial charge in [0.15, 0.2) is 0 Å². The van der Waals surface area contributed by atoms with Crippen LogP contribution in [0.4, 0.5) is 9.59 Å². The van der Waals surface area contributed by atoms with Crippen LogP contribution >= 0.6 is 0 Å². The summed E-state index contributed by atoms with van der Waals surface area (Å²) < 4.78 is 16.7. The normalized spacial score (nSPS) is 12.3. The molecule has 282 valence electrons. The Hall–Kier alpha value is -4.29. The predicted octanol–water partition coefficient (Wildman–Crippen LogP) is 6.29. The highest BCUT2D eigenvalue weighted by Crippen LogP contribution is 2.18. The van der Waals surface area contributed by atoms with Crippen molar-refractivity contribution in [1.29, 1.82) is 0 Å². The first-order valence-corrected chi connectivity index (χ1v) is 17.8. The third kappa shape index (κ3) is 23.1. The van der Waals surface area contributed by atoms with E-state index in [4.69, 9.17) is 14.2 Å². The molecule has 0 saturated carbocycles. The first-order valence-electron chi connectivity index (χ1n) is 17.8. The maximum absolute atomic E-state index is 12.1. The zero-order valence-electron chi connectivity index (χ0n) is 31.7. The minimum Gasteiger partial charge on any atom is -0.493 e. The Balaban J connectivity index is 2.27. The number of ether oxygens (including phenoxy) is 3. The predicted molar refractivity (Wildman–Crippen MR) is 201 cm³/mol. The van der Waals surface area contributed by atoms with Gasteiger partial charge in [0.25, 0.3) is 0 Å². The number of aliphatic imine (C=N–C) groups is 2. The van der Waals surface area contributed by atoms with Crippen molar-refractivity contribution in [3.8, 4) is 5.75 Å². The number of benzene rings is 1. The number of hydrogen-bond acceptors (Lipinski definition) is 8. The van der Waals surface area contributed by atoms with Gasteiger partial charge in [-0.2, -0.15) is 0 Å². The Morgan fingerprint density at radius 1 is 0.800 bits per heavy atom. The van der Waals surface area contributed by atoms with E-state index in [2.05, 4.69) is 31.3 Å². The number of rotatable bonds is 20. The molecule has 0 fully saturated rings.